The van der Waals surface area contributed by atoms with Gasteiger partial charge >= 0.3 is 6.09 Å². The lowest BCUT2D eigenvalue weighted by molar-refractivity contribution is -0.199. The van der Waals surface area contributed by atoms with E-state index in [0.717, 1.165) is 0 Å². The van der Waals surface area contributed by atoms with Gasteiger partial charge in [0.1, 0.15) is 5.60 Å². The van der Waals surface area contributed by atoms with Crippen LogP contribution >= 0.6 is 0 Å². The minimum Gasteiger partial charge on any atom is -0.444 e. The minimum absolute atomic E-state index is 0.378. The number of amides is 1. The molecule has 1 rings (SSSR count). The Labute approximate surface area is 104 Å². The molecule has 1 fully saturated rings. The lowest BCUT2D eigenvalue weighted by Crippen LogP contribution is -2.75. The highest BCUT2D eigenvalue weighted by Gasteiger charge is 2.64. The molecule has 100 valence electrons. The Morgan fingerprint density at radius 3 is 2.00 bits per heavy atom. The SMILES string of the molecule is CC(C)(C)OC(=O)NC1(C)CC(C)(O)C1(C)C. The van der Waals surface area contributed by atoms with Gasteiger partial charge in [0.05, 0.1) is 11.1 Å². The molecule has 2 atom stereocenters. The smallest absolute Gasteiger partial charge is 0.408 e. The predicted octanol–water partition coefficient (Wildman–Crippen LogP) is 2.45. The zero-order valence-corrected chi connectivity index (χ0v) is 12.0. The van der Waals surface area contributed by atoms with Crippen LogP contribution in [0.2, 0.25) is 0 Å². The third-order valence-electron chi connectivity index (χ3n) is 4.20. The maximum Gasteiger partial charge on any atom is 0.408 e. The summed E-state index contributed by atoms with van der Waals surface area (Å²) < 4.78 is 5.24. The maximum atomic E-state index is 11.8. The third kappa shape index (κ3) is 2.41. The van der Waals surface area contributed by atoms with E-state index in [4.69, 9.17) is 4.74 Å². The number of aliphatic hydroxyl groups is 1. The lowest BCUT2D eigenvalue weighted by Gasteiger charge is -2.64. The Morgan fingerprint density at radius 2 is 1.71 bits per heavy atom. The molecule has 0 heterocycles. The molecule has 1 amide bonds. The second-order valence-corrected chi connectivity index (χ2v) is 7.03. The molecule has 0 radical (unpaired) electrons. The molecule has 1 aliphatic rings. The topological polar surface area (TPSA) is 58.6 Å². The fourth-order valence-electron chi connectivity index (χ4n) is 2.35. The van der Waals surface area contributed by atoms with E-state index in [1.54, 1.807) is 6.92 Å². The average Bonchev–Trinajstić information content (AvgIpc) is 1.97. The van der Waals surface area contributed by atoms with Crippen LogP contribution in [0.3, 0.4) is 0 Å². The number of alkyl carbamates (subject to hydrolysis) is 1. The third-order valence-corrected chi connectivity index (χ3v) is 4.20. The zero-order chi connectivity index (χ0) is 13.7. The van der Waals surface area contributed by atoms with Crippen molar-refractivity contribution in [2.45, 2.75) is 71.6 Å². The lowest BCUT2D eigenvalue weighted by atomic mass is 9.48. The molecule has 0 aliphatic heterocycles. The summed E-state index contributed by atoms with van der Waals surface area (Å²) in [5.41, 5.74) is -2.07. The molecule has 0 bridgehead atoms. The summed E-state index contributed by atoms with van der Waals surface area (Å²) in [4.78, 5) is 11.8. The van der Waals surface area contributed by atoms with E-state index >= 15 is 0 Å². The molecule has 0 aromatic rings. The van der Waals surface area contributed by atoms with Crippen LogP contribution in [0.1, 0.15) is 54.9 Å². The van der Waals surface area contributed by atoms with E-state index in [1.807, 2.05) is 41.5 Å². The first kappa shape index (κ1) is 14.3. The van der Waals surface area contributed by atoms with E-state index in [1.165, 1.54) is 0 Å². The number of hydrogen-bond acceptors (Lipinski definition) is 3. The number of nitrogens with one attached hydrogen (secondary N) is 1. The van der Waals surface area contributed by atoms with Gasteiger partial charge in [-0.05, 0) is 34.6 Å². The summed E-state index contributed by atoms with van der Waals surface area (Å²) in [5.74, 6) is 0. The number of hydrogen-bond donors (Lipinski definition) is 2. The van der Waals surface area contributed by atoms with Crippen molar-refractivity contribution in [3.05, 3.63) is 0 Å². The van der Waals surface area contributed by atoms with Gasteiger partial charge in [-0.25, -0.2) is 4.79 Å². The van der Waals surface area contributed by atoms with Crippen LogP contribution in [0.5, 0.6) is 0 Å². The quantitative estimate of drug-likeness (QED) is 0.743. The molecule has 2 N–H and O–H groups in total. The zero-order valence-electron chi connectivity index (χ0n) is 12.0. The monoisotopic (exact) mass is 243 g/mol. The van der Waals surface area contributed by atoms with Crippen LogP contribution in [-0.2, 0) is 4.74 Å². The number of carbonyl (C=O) groups is 1. The molecule has 17 heavy (non-hydrogen) atoms. The number of carbonyl (C=O) groups excluding carboxylic acids is 1. The largest absolute Gasteiger partial charge is 0.444 e. The van der Waals surface area contributed by atoms with Crippen molar-refractivity contribution in [3.8, 4) is 0 Å². The van der Waals surface area contributed by atoms with Gasteiger partial charge in [0.2, 0.25) is 0 Å². The molecule has 0 aromatic carbocycles. The van der Waals surface area contributed by atoms with Gasteiger partial charge in [-0.2, -0.15) is 0 Å². The van der Waals surface area contributed by atoms with Crippen LogP contribution in [-0.4, -0.2) is 27.9 Å². The van der Waals surface area contributed by atoms with Crippen LogP contribution in [0.25, 0.3) is 0 Å². The molecule has 1 aliphatic carbocycles. The standard InChI is InChI=1S/C13H25NO3/c1-10(2,3)17-9(15)14-12(6)8-13(7,16)11(12,4)5/h16H,8H2,1-7H3,(H,14,15). The van der Waals surface area contributed by atoms with Crippen molar-refractivity contribution in [2.24, 2.45) is 5.41 Å². The fourth-order valence-corrected chi connectivity index (χ4v) is 2.35. The Bertz CT molecular complexity index is 328. The Balaban J connectivity index is 2.68. The van der Waals surface area contributed by atoms with Crippen molar-refractivity contribution < 1.29 is 14.6 Å². The van der Waals surface area contributed by atoms with E-state index in [0.29, 0.717) is 6.42 Å². The molecule has 2 unspecified atom stereocenters. The molecule has 0 spiro atoms. The summed E-state index contributed by atoms with van der Waals surface area (Å²) >= 11 is 0. The second-order valence-electron chi connectivity index (χ2n) is 7.03. The summed E-state index contributed by atoms with van der Waals surface area (Å²) in [6.45, 7) is 13.1. The van der Waals surface area contributed by atoms with Gasteiger partial charge in [-0.1, -0.05) is 13.8 Å². The fraction of sp³-hybridized carbons (Fsp3) is 0.923. The summed E-state index contributed by atoms with van der Waals surface area (Å²) in [5, 5.41) is 13.0. The van der Waals surface area contributed by atoms with E-state index < -0.39 is 22.8 Å². The number of ether oxygens (including phenoxy) is 1. The van der Waals surface area contributed by atoms with E-state index in [9.17, 15) is 9.90 Å². The van der Waals surface area contributed by atoms with Crippen molar-refractivity contribution in [3.63, 3.8) is 0 Å². The summed E-state index contributed by atoms with van der Waals surface area (Å²) in [6.07, 6.45) is 0.107. The molecule has 1 saturated carbocycles. The van der Waals surface area contributed by atoms with Crippen LogP contribution < -0.4 is 5.32 Å². The Morgan fingerprint density at radius 1 is 1.24 bits per heavy atom. The number of rotatable bonds is 1. The molecule has 0 saturated heterocycles. The van der Waals surface area contributed by atoms with Gasteiger partial charge in [0.25, 0.3) is 0 Å². The van der Waals surface area contributed by atoms with Crippen molar-refractivity contribution in [2.75, 3.05) is 0 Å². The van der Waals surface area contributed by atoms with Crippen LogP contribution in [0.4, 0.5) is 4.79 Å². The molecular weight excluding hydrogens is 218 g/mol. The van der Waals surface area contributed by atoms with Crippen molar-refractivity contribution >= 4 is 6.09 Å². The maximum absolute atomic E-state index is 11.8. The Hall–Kier alpha value is -0.770. The first-order valence-electron chi connectivity index (χ1n) is 6.04. The van der Waals surface area contributed by atoms with E-state index in [2.05, 4.69) is 5.32 Å². The van der Waals surface area contributed by atoms with Gasteiger partial charge in [0.15, 0.2) is 0 Å². The van der Waals surface area contributed by atoms with Gasteiger partial charge in [-0.15, -0.1) is 0 Å². The van der Waals surface area contributed by atoms with E-state index in [-0.39, 0.29) is 5.41 Å². The molecule has 0 aromatic heterocycles. The van der Waals surface area contributed by atoms with Crippen molar-refractivity contribution in [1.82, 2.24) is 5.32 Å². The highest BCUT2D eigenvalue weighted by Crippen LogP contribution is 2.56. The Kier molecular flexibility index (Phi) is 3.03. The van der Waals surface area contributed by atoms with Crippen LogP contribution in [0, 0.1) is 5.41 Å². The van der Waals surface area contributed by atoms with Gasteiger partial charge in [0, 0.05) is 11.8 Å². The molecular formula is C13H25NO3. The summed E-state index contributed by atoms with van der Waals surface area (Å²) in [7, 11) is 0. The van der Waals surface area contributed by atoms with Gasteiger partial charge in [-0.3, -0.25) is 0 Å². The highest BCUT2D eigenvalue weighted by atomic mass is 16.6. The first-order chi connectivity index (χ1) is 7.31. The predicted molar refractivity (Wildman–Crippen MR) is 66.8 cm³/mol. The molecule has 4 heteroatoms. The second kappa shape index (κ2) is 3.61. The van der Waals surface area contributed by atoms with Crippen LogP contribution in [0.15, 0.2) is 0 Å². The average molecular weight is 243 g/mol. The normalized spacial score (nSPS) is 36.0. The highest BCUT2D eigenvalue weighted by molar-refractivity contribution is 5.69. The van der Waals surface area contributed by atoms with Gasteiger partial charge < -0.3 is 15.2 Å². The first-order valence-corrected chi connectivity index (χ1v) is 6.04. The minimum atomic E-state index is -0.753. The summed E-state index contributed by atoms with van der Waals surface area (Å²) in [6, 6.07) is 0. The van der Waals surface area contributed by atoms with Crippen molar-refractivity contribution in [1.29, 1.82) is 0 Å². The molecule has 4 nitrogen and oxygen atoms in total.